The molecule has 0 unspecified atom stereocenters. The van der Waals surface area contributed by atoms with Gasteiger partial charge in [-0.15, -0.1) is 0 Å². The molecule has 2 fully saturated rings. The van der Waals surface area contributed by atoms with E-state index in [0.717, 1.165) is 31.2 Å². The Bertz CT molecular complexity index is 1250. The Labute approximate surface area is 210 Å². The molecule has 0 radical (unpaired) electrons. The fourth-order valence-electron chi connectivity index (χ4n) is 5.43. The van der Waals surface area contributed by atoms with Gasteiger partial charge in [0.15, 0.2) is 0 Å². The highest BCUT2D eigenvalue weighted by atomic mass is 16.2. The van der Waals surface area contributed by atoms with Crippen LogP contribution in [0.3, 0.4) is 0 Å². The average Bonchev–Trinajstić information content (AvgIpc) is 3.30. The van der Waals surface area contributed by atoms with Crippen molar-refractivity contribution in [3.8, 4) is 11.3 Å². The number of H-pyrrole nitrogens is 1. The fraction of sp³-hybridized carbons (Fsp3) is 0.393. The zero-order valence-electron chi connectivity index (χ0n) is 20.4. The zero-order chi connectivity index (χ0) is 24.9. The van der Waals surface area contributed by atoms with Gasteiger partial charge in [0.25, 0.3) is 11.8 Å². The Balaban J connectivity index is 1.44. The van der Waals surface area contributed by atoms with Crippen LogP contribution >= 0.6 is 0 Å². The fourth-order valence-corrected chi connectivity index (χ4v) is 5.43. The second-order valence-electron chi connectivity index (χ2n) is 9.61. The minimum atomic E-state index is -0.232. The van der Waals surface area contributed by atoms with E-state index < -0.39 is 0 Å². The number of aromatic nitrogens is 2. The first-order valence-corrected chi connectivity index (χ1v) is 12.9. The van der Waals surface area contributed by atoms with Crippen molar-refractivity contribution in [1.82, 2.24) is 25.1 Å². The highest BCUT2D eigenvalue weighted by Crippen LogP contribution is 2.33. The Morgan fingerprint density at radius 2 is 1.64 bits per heavy atom. The zero-order valence-corrected chi connectivity index (χ0v) is 20.4. The van der Waals surface area contributed by atoms with Gasteiger partial charge in [0.1, 0.15) is 5.69 Å². The van der Waals surface area contributed by atoms with Crippen LogP contribution in [0.4, 0.5) is 0 Å². The summed E-state index contributed by atoms with van der Waals surface area (Å²) in [4.78, 5) is 44.5. The molecule has 8 heteroatoms. The van der Waals surface area contributed by atoms with Crippen LogP contribution in [0.25, 0.3) is 11.3 Å². The van der Waals surface area contributed by atoms with Crippen LogP contribution in [-0.4, -0.2) is 58.5 Å². The molecular formula is C28H33N5O3. The monoisotopic (exact) mass is 487 g/mol. The van der Waals surface area contributed by atoms with Crippen LogP contribution < -0.4 is 16.3 Å². The topological polar surface area (TPSA) is 99.2 Å². The van der Waals surface area contributed by atoms with E-state index in [0.29, 0.717) is 43.1 Å². The maximum Gasteiger partial charge on any atom is 0.326 e. The summed E-state index contributed by atoms with van der Waals surface area (Å²) in [5.41, 5.74) is 2.21. The van der Waals surface area contributed by atoms with E-state index in [9.17, 15) is 14.4 Å². The third-order valence-corrected chi connectivity index (χ3v) is 7.27. The van der Waals surface area contributed by atoms with E-state index in [2.05, 4.69) is 15.6 Å². The molecule has 0 spiro atoms. The first-order valence-electron chi connectivity index (χ1n) is 12.9. The van der Waals surface area contributed by atoms with Crippen molar-refractivity contribution in [2.75, 3.05) is 26.2 Å². The molecule has 1 aliphatic heterocycles. The van der Waals surface area contributed by atoms with Crippen LogP contribution in [0.1, 0.15) is 59.0 Å². The van der Waals surface area contributed by atoms with Crippen molar-refractivity contribution in [1.29, 1.82) is 0 Å². The maximum absolute atomic E-state index is 14.0. The number of nitrogens with one attached hydrogen (secondary N) is 3. The van der Waals surface area contributed by atoms with Crippen molar-refractivity contribution in [2.24, 2.45) is 0 Å². The van der Waals surface area contributed by atoms with E-state index in [-0.39, 0.29) is 29.6 Å². The number of imidazole rings is 1. The summed E-state index contributed by atoms with van der Waals surface area (Å²) < 4.78 is 1.82. The van der Waals surface area contributed by atoms with E-state index in [1.165, 1.54) is 6.42 Å². The Morgan fingerprint density at radius 1 is 0.944 bits per heavy atom. The predicted molar refractivity (Wildman–Crippen MR) is 139 cm³/mol. The highest BCUT2D eigenvalue weighted by molar-refractivity contribution is 5.99. The van der Waals surface area contributed by atoms with Gasteiger partial charge < -0.3 is 20.5 Å². The summed E-state index contributed by atoms with van der Waals surface area (Å²) in [6.45, 7) is 2.04. The number of amides is 2. The molecule has 188 valence electrons. The largest absolute Gasteiger partial charge is 0.350 e. The molecule has 2 aromatic carbocycles. The minimum Gasteiger partial charge on any atom is -0.350 e. The summed E-state index contributed by atoms with van der Waals surface area (Å²) in [6, 6.07) is 18.6. The second-order valence-corrected chi connectivity index (χ2v) is 9.61. The SMILES string of the molecule is O=C(NC[C@@H]1CNCCN1C(=O)c1[nH]c(=O)n(C2CCCCC2)c1-c1ccccc1)c1ccccc1. The molecule has 1 atom stereocenters. The molecule has 1 aromatic heterocycles. The number of carbonyl (C=O) groups excluding carboxylic acids is 2. The molecule has 1 saturated heterocycles. The number of hydrogen-bond donors (Lipinski definition) is 3. The Hall–Kier alpha value is -3.65. The number of piperazine rings is 1. The second kappa shape index (κ2) is 11.0. The van der Waals surface area contributed by atoms with Gasteiger partial charge in [-0.25, -0.2) is 4.79 Å². The van der Waals surface area contributed by atoms with Crippen LogP contribution in [0.5, 0.6) is 0 Å². The van der Waals surface area contributed by atoms with E-state index in [1.54, 1.807) is 17.0 Å². The Morgan fingerprint density at radius 3 is 2.36 bits per heavy atom. The number of nitrogens with zero attached hydrogens (tertiary/aromatic N) is 2. The molecular weight excluding hydrogens is 454 g/mol. The van der Waals surface area contributed by atoms with Gasteiger partial charge >= 0.3 is 5.69 Å². The highest BCUT2D eigenvalue weighted by Gasteiger charge is 2.33. The van der Waals surface area contributed by atoms with Crippen LogP contribution in [0, 0.1) is 0 Å². The third-order valence-electron chi connectivity index (χ3n) is 7.27. The molecule has 3 aromatic rings. The van der Waals surface area contributed by atoms with Gasteiger partial charge in [0.2, 0.25) is 0 Å². The molecule has 1 saturated carbocycles. The van der Waals surface area contributed by atoms with Crippen LogP contribution in [0.15, 0.2) is 65.5 Å². The Kier molecular flexibility index (Phi) is 7.32. The van der Waals surface area contributed by atoms with E-state index in [1.807, 2.05) is 53.1 Å². The average molecular weight is 488 g/mol. The first kappa shape index (κ1) is 24.1. The summed E-state index contributed by atoms with van der Waals surface area (Å²) in [6.07, 6.45) is 5.22. The van der Waals surface area contributed by atoms with Crippen molar-refractivity contribution >= 4 is 11.8 Å². The lowest BCUT2D eigenvalue weighted by Gasteiger charge is -2.36. The molecule has 3 N–H and O–H groups in total. The number of carbonyl (C=O) groups is 2. The lowest BCUT2D eigenvalue weighted by Crippen LogP contribution is -2.57. The molecule has 2 amide bonds. The summed E-state index contributed by atoms with van der Waals surface area (Å²) in [7, 11) is 0. The van der Waals surface area contributed by atoms with Gasteiger partial charge in [0.05, 0.1) is 11.7 Å². The van der Waals surface area contributed by atoms with Gasteiger partial charge in [0, 0.05) is 43.3 Å². The first-order chi connectivity index (χ1) is 17.6. The van der Waals surface area contributed by atoms with Gasteiger partial charge in [-0.05, 0) is 25.0 Å². The lowest BCUT2D eigenvalue weighted by molar-refractivity contribution is 0.0620. The van der Waals surface area contributed by atoms with Crippen LogP contribution in [0.2, 0.25) is 0 Å². The smallest absolute Gasteiger partial charge is 0.326 e. The number of hydrogen-bond acceptors (Lipinski definition) is 4. The molecule has 2 heterocycles. The molecule has 5 rings (SSSR count). The van der Waals surface area contributed by atoms with E-state index in [4.69, 9.17) is 0 Å². The molecule has 8 nitrogen and oxygen atoms in total. The third kappa shape index (κ3) is 4.99. The molecule has 1 aliphatic carbocycles. The van der Waals surface area contributed by atoms with Crippen LogP contribution in [-0.2, 0) is 0 Å². The molecule has 2 aliphatic rings. The van der Waals surface area contributed by atoms with Crippen molar-refractivity contribution in [3.05, 3.63) is 82.4 Å². The van der Waals surface area contributed by atoms with Gasteiger partial charge in [-0.3, -0.25) is 14.2 Å². The quantitative estimate of drug-likeness (QED) is 0.497. The molecule has 0 bridgehead atoms. The summed E-state index contributed by atoms with van der Waals surface area (Å²) in [5, 5.41) is 6.30. The minimum absolute atomic E-state index is 0.0863. The number of benzene rings is 2. The number of rotatable bonds is 6. The summed E-state index contributed by atoms with van der Waals surface area (Å²) in [5.74, 6) is -0.378. The predicted octanol–water partition coefficient (Wildman–Crippen LogP) is 3.19. The van der Waals surface area contributed by atoms with Gasteiger partial charge in [-0.2, -0.15) is 0 Å². The number of aromatic amines is 1. The van der Waals surface area contributed by atoms with Gasteiger partial charge in [-0.1, -0.05) is 67.8 Å². The standard InChI is InChI=1S/C28H33N5O3/c34-26(21-12-6-2-7-13-21)30-19-23-18-29-16-17-32(23)27(35)24-25(20-10-4-1-5-11-20)33(28(36)31-24)22-14-8-3-9-15-22/h1-2,4-7,10-13,22-23,29H,3,8-9,14-19H2,(H,30,34)(H,31,36)/t23-/m0/s1. The van der Waals surface area contributed by atoms with Crippen molar-refractivity contribution < 1.29 is 9.59 Å². The maximum atomic E-state index is 14.0. The van der Waals surface area contributed by atoms with E-state index >= 15 is 0 Å². The summed E-state index contributed by atoms with van der Waals surface area (Å²) >= 11 is 0. The van der Waals surface area contributed by atoms with Crippen molar-refractivity contribution in [3.63, 3.8) is 0 Å². The van der Waals surface area contributed by atoms with Crippen molar-refractivity contribution in [2.45, 2.75) is 44.2 Å². The molecule has 36 heavy (non-hydrogen) atoms. The normalized spacial score (nSPS) is 18.7. The lowest BCUT2D eigenvalue weighted by atomic mass is 9.94.